The van der Waals surface area contributed by atoms with Gasteiger partial charge in [0.1, 0.15) is 0 Å². The van der Waals surface area contributed by atoms with Crippen LogP contribution < -0.4 is 0 Å². The molecule has 7 nitrogen and oxygen atoms in total. The SMILES string of the molecule is Cc1c(C(=O)N2CCCC(c3nnc(-c4cccs4)o3)C2)cnn1-c1ccccc1. The van der Waals surface area contributed by atoms with E-state index in [0.717, 1.165) is 35.6 Å². The van der Waals surface area contributed by atoms with Crippen molar-refractivity contribution >= 4 is 17.2 Å². The van der Waals surface area contributed by atoms with Crippen LogP contribution in [0.2, 0.25) is 0 Å². The van der Waals surface area contributed by atoms with Gasteiger partial charge in [0.25, 0.3) is 11.8 Å². The van der Waals surface area contributed by atoms with Crippen LogP contribution in [0.25, 0.3) is 16.5 Å². The Bertz CT molecular complexity index is 1150. The van der Waals surface area contributed by atoms with Crippen molar-refractivity contribution in [3.8, 4) is 16.5 Å². The number of likely N-dealkylation sites (tertiary alicyclic amines) is 1. The van der Waals surface area contributed by atoms with Crippen molar-refractivity contribution in [3.63, 3.8) is 0 Å². The lowest BCUT2D eigenvalue weighted by molar-refractivity contribution is 0.0697. The van der Waals surface area contributed by atoms with E-state index in [4.69, 9.17) is 4.42 Å². The first-order valence-corrected chi connectivity index (χ1v) is 10.9. The molecule has 0 saturated carbocycles. The van der Waals surface area contributed by atoms with E-state index in [0.29, 0.717) is 23.9 Å². The van der Waals surface area contributed by atoms with Crippen molar-refractivity contribution in [3.05, 3.63) is 71.2 Å². The molecule has 1 aliphatic rings. The van der Waals surface area contributed by atoms with Crippen LogP contribution in [0.3, 0.4) is 0 Å². The zero-order valence-corrected chi connectivity index (χ0v) is 17.4. The van der Waals surface area contributed by atoms with Gasteiger partial charge in [0.05, 0.1) is 33.9 Å². The summed E-state index contributed by atoms with van der Waals surface area (Å²) in [5.41, 5.74) is 2.41. The van der Waals surface area contributed by atoms with Gasteiger partial charge in [0.2, 0.25) is 5.89 Å². The number of aromatic nitrogens is 4. The molecule has 0 radical (unpaired) electrons. The van der Waals surface area contributed by atoms with Gasteiger partial charge in [-0.3, -0.25) is 4.79 Å². The maximum atomic E-state index is 13.2. The molecule has 1 atom stereocenters. The number of amides is 1. The van der Waals surface area contributed by atoms with E-state index in [-0.39, 0.29) is 11.8 Å². The van der Waals surface area contributed by atoms with Crippen LogP contribution in [-0.4, -0.2) is 43.9 Å². The van der Waals surface area contributed by atoms with Crippen LogP contribution >= 0.6 is 11.3 Å². The third kappa shape index (κ3) is 3.43. The highest BCUT2D eigenvalue weighted by Crippen LogP contribution is 2.30. The van der Waals surface area contributed by atoms with E-state index in [1.54, 1.807) is 22.2 Å². The largest absolute Gasteiger partial charge is 0.420 e. The number of hydrogen-bond acceptors (Lipinski definition) is 6. The minimum atomic E-state index is -0.00243. The van der Waals surface area contributed by atoms with Gasteiger partial charge in [-0.2, -0.15) is 5.10 Å². The van der Waals surface area contributed by atoms with Crippen LogP contribution in [0.15, 0.2) is 58.5 Å². The summed E-state index contributed by atoms with van der Waals surface area (Å²) in [6.07, 6.45) is 3.49. The molecule has 4 heterocycles. The van der Waals surface area contributed by atoms with Crippen LogP contribution in [0.1, 0.15) is 40.7 Å². The number of thiophene rings is 1. The average molecular weight is 420 g/mol. The maximum absolute atomic E-state index is 13.2. The molecule has 5 rings (SSSR count). The van der Waals surface area contributed by atoms with E-state index in [1.165, 1.54) is 0 Å². The molecule has 8 heteroatoms. The maximum Gasteiger partial charge on any atom is 0.257 e. The summed E-state index contributed by atoms with van der Waals surface area (Å²) < 4.78 is 7.73. The number of carbonyl (C=O) groups is 1. The molecule has 152 valence electrons. The quantitative estimate of drug-likeness (QED) is 0.493. The number of benzene rings is 1. The highest BCUT2D eigenvalue weighted by molar-refractivity contribution is 7.13. The molecular weight excluding hydrogens is 398 g/mol. The normalized spacial score (nSPS) is 16.7. The summed E-state index contributed by atoms with van der Waals surface area (Å²) >= 11 is 1.57. The van der Waals surface area contributed by atoms with Gasteiger partial charge in [0, 0.05) is 13.1 Å². The lowest BCUT2D eigenvalue weighted by atomic mass is 9.97. The van der Waals surface area contributed by atoms with E-state index >= 15 is 0 Å². The molecule has 0 aliphatic carbocycles. The summed E-state index contributed by atoms with van der Waals surface area (Å²) in [6.45, 7) is 3.22. The van der Waals surface area contributed by atoms with Gasteiger partial charge in [0.15, 0.2) is 0 Å². The summed E-state index contributed by atoms with van der Waals surface area (Å²) in [5, 5.41) is 14.9. The molecule has 4 aromatic rings. The Morgan fingerprint density at radius 1 is 1.17 bits per heavy atom. The molecule has 1 fully saturated rings. The van der Waals surface area contributed by atoms with Crippen molar-refractivity contribution in [2.75, 3.05) is 13.1 Å². The highest BCUT2D eigenvalue weighted by atomic mass is 32.1. The lowest BCUT2D eigenvalue weighted by Crippen LogP contribution is -2.39. The number of hydrogen-bond donors (Lipinski definition) is 0. The third-order valence-electron chi connectivity index (χ3n) is 5.47. The molecule has 1 aromatic carbocycles. The number of carbonyl (C=O) groups excluding carboxylic acids is 1. The molecule has 3 aromatic heterocycles. The summed E-state index contributed by atoms with van der Waals surface area (Å²) in [7, 11) is 0. The van der Waals surface area contributed by atoms with Gasteiger partial charge in [-0.1, -0.05) is 24.3 Å². The third-order valence-corrected chi connectivity index (χ3v) is 6.33. The van der Waals surface area contributed by atoms with Gasteiger partial charge >= 0.3 is 0 Å². The minimum absolute atomic E-state index is 0.00243. The molecule has 1 amide bonds. The summed E-state index contributed by atoms with van der Waals surface area (Å²) in [5.74, 6) is 1.20. The first-order chi connectivity index (χ1) is 14.7. The predicted octanol–water partition coefficient (Wildman–Crippen LogP) is 4.31. The van der Waals surface area contributed by atoms with Crippen LogP contribution in [0.5, 0.6) is 0 Å². The fraction of sp³-hybridized carbons (Fsp3) is 0.273. The minimum Gasteiger partial charge on any atom is -0.420 e. The second-order valence-corrected chi connectivity index (χ2v) is 8.35. The summed E-state index contributed by atoms with van der Waals surface area (Å²) in [4.78, 5) is 16.1. The average Bonchev–Trinajstić information content (AvgIpc) is 3.54. The molecular formula is C22H21N5O2S. The second kappa shape index (κ2) is 7.87. The molecule has 0 N–H and O–H groups in total. The van der Waals surface area contributed by atoms with E-state index < -0.39 is 0 Å². The number of para-hydroxylation sites is 1. The molecule has 0 spiro atoms. The number of nitrogens with zero attached hydrogens (tertiary/aromatic N) is 5. The predicted molar refractivity (Wildman–Crippen MR) is 114 cm³/mol. The highest BCUT2D eigenvalue weighted by Gasteiger charge is 2.30. The first-order valence-electron chi connectivity index (χ1n) is 9.97. The molecule has 1 aliphatic heterocycles. The van der Waals surface area contributed by atoms with Crippen molar-refractivity contribution in [2.24, 2.45) is 0 Å². The Kier molecular flexibility index (Phi) is 4.92. The molecule has 0 bridgehead atoms. The Morgan fingerprint density at radius 3 is 2.83 bits per heavy atom. The fourth-order valence-electron chi connectivity index (χ4n) is 3.88. The second-order valence-electron chi connectivity index (χ2n) is 7.40. The topological polar surface area (TPSA) is 77.1 Å². The van der Waals surface area contributed by atoms with Crippen molar-refractivity contribution in [2.45, 2.75) is 25.7 Å². The van der Waals surface area contributed by atoms with Crippen molar-refractivity contribution in [1.29, 1.82) is 0 Å². The lowest BCUT2D eigenvalue weighted by Gasteiger charge is -2.31. The van der Waals surface area contributed by atoms with E-state index in [9.17, 15) is 4.79 Å². The first kappa shape index (κ1) is 18.7. The van der Waals surface area contributed by atoms with Crippen molar-refractivity contribution < 1.29 is 9.21 Å². The Balaban J connectivity index is 1.34. The van der Waals surface area contributed by atoms with Crippen LogP contribution in [0.4, 0.5) is 0 Å². The zero-order chi connectivity index (χ0) is 20.5. The Morgan fingerprint density at radius 2 is 2.03 bits per heavy atom. The standard InChI is InChI=1S/C22H21N5O2S/c1-15-18(13-23-27(15)17-8-3-2-4-9-17)22(28)26-11-5-7-16(14-26)20-24-25-21(29-20)19-10-6-12-30-19/h2-4,6,8-10,12-13,16H,5,7,11,14H2,1H3. The van der Waals surface area contributed by atoms with E-state index in [2.05, 4.69) is 15.3 Å². The number of piperidine rings is 1. The monoisotopic (exact) mass is 419 g/mol. The molecule has 30 heavy (non-hydrogen) atoms. The zero-order valence-electron chi connectivity index (χ0n) is 16.6. The Labute approximate surface area is 178 Å². The van der Waals surface area contributed by atoms with Crippen LogP contribution in [0, 0.1) is 6.92 Å². The molecule has 1 unspecified atom stereocenters. The molecule has 1 saturated heterocycles. The Hall–Kier alpha value is -3.26. The summed E-state index contributed by atoms with van der Waals surface area (Å²) in [6, 6.07) is 13.8. The van der Waals surface area contributed by atoms with Crippen LogP contribution in [-0.2, 0) is 0 Å². The smallest absolute Gasteiger partial charge is 0.257 e. The number of rotatable bonds is 4. The van der Waals surface area contributed by atoms with E-state index in [1.807, 2.05) is 59.7 Å². The van der Waals surface area contributed by atoms with Gasteiger partial charge < -0.3 is 9.32 Å². The fourth-order valence-corrected chi connectivity index (χ4v) is 4.53. The van der Waals surface area contributed by atoms with Gasteiger partial charge in [-0.05, 0) is 43.3 Å². The van der Waals surface area contributed by atoms with Gasteiger partial charge in [-0.15, -0.1) is 21.5 Å². The van der Waals surface area contributed by atoms with Crippen molar-refractivity contribution in [1.82, 2.24) is 24.9 Å². The van der Waals surface area contributed by atoms with Gasteiger partial charge in [-0.25, -0.2) is 4.68 Å².